The van der Waals surface area contributed by atoms with Gasteiger partial charge in [0.25, 0.3) is 11.5 Å². The molecule has 4 rings (SSSR count). The highest BCUT2D eigenvalue weighted by Crippen LogP contribution is 2.23. The zero-order valence-electron chi connectivity index (χ0n) is 16.9. The van der Waals surface area contributed by atoms with Crippen LogP contribution in [0.15, 0.2) is 83.7 Å². The van der Waals surface area contributed by atoms with Gasteiger partial charge < -0.3 is 14.6 Å². The van der Waals surface area contributed by atoms with E-state index >= 15 is 0 Å². The van der Waals surface area contributed by atoms with E-state index in [1.165, 1.54) is 0 Å². The van der Waals surface area contributed by atoms with Crippen LogP contribution in [0.1, 0.15) is 21.5 Å². The average molecular weight is 398 g/mol. The molecule has 0 saturated heterocycles. The van der Waals surface area contributed by atoms with Crippen molar-refractivity contribution in [3.05, 3.63) is 106 Å². The number of hydrogen-bond donors (Lipinski definition) is 1. The van der Waals surface area contributed by atoms with Crippen molar-refractivity contribution in [1.29, 1.82) is 0 Å². The van der Waals surface area contributed by atoms with Crippen molar-refractivity contribution in [2.45, 2.75) is 13.5 Å². The molecule has 0 atom stereocenters. The summed E-state index contributed by atoms with van der Waals surface area (Å²) in [4.78, 5) is 30.6. The number of rotatable bonds is 5. The van der Waals surface area contributed by atoms with Gasteiger partial charge in [-0.3, -0.25) is 9.59 Å². The number of amides is 1. The highest BCUT2D eigenvalue weighted by molar-refractivity contribution is 6.06. The Morgan fingerprint density at radius 2 is 1.73 bits per heavy atom. The van der Waals surface area contributed by atoms with E-state index < -0.39 is 0 Å². The van der Waals surface area contributed by atoms with Gasteiger partial charge in [-0.15, -0.1) is 0 Å². The SMILES string of the molecule is COc1ccc(N(Cc2cc3ccccc3[nH]c2=O)C(=O)c2cccc(C)c2)cc1. The second-order valence-electron chi connectivity index (χ2n) is 7.17. The van der Waals surface area contributed by atoms with E-state index in [1.807, 2.05) is 67.6 Å². The van der Waals surface area contributed by atoms with Gasteiger partial charge in [-0.1, -0.05) is 35.9 Å². The largest absolute Gasteiger partial charge is 0.497 e. The summed E-state index contributed by atoms with van der Waals surface area (Å²) in [6.45, 7) is 2.10. The van der Waals surface area contributed by atoms with E-state index in [0.717, 1.165) is 16.5 Å². The van der Waals surface area contributed by atoms with E-state index in [9.17, 15) is 9.59 Å². The Balaban J connectivity index is 1.77. The van der Waals surface area contributed by atoms with Crippen molar-refractivity contribution >= 4 is 22.5 Å². The van der Waals surface area contributed by atoms with Gasteiger partial charge in [0.2, 0.25) is 0 Å². The molecule has 4 aromatic rings. The van der Waals surface area contributed by atoms with Crippen molar-refractivity contribution in [2.75, 3.05) is 12.0 Å². The lowest BCUT2D eigenvalue weighted by atomic mass is 10.1. The zero-order valence-corrected chi connectivity index (χ0v) is 16.9. The molecule has 0 radical (unpaired) electrons. The van der Waals surface area contributed by atoms with Crippen molar-refractivity contribution in [1.82, 2.24) is 4.98 Å². The lowest BCUT2D eigenvalue weighted by Crippen LogP contribution is -2.33. The van der Waals surface area contributed by atoms with Crippen LogP contribution in [0, 0.1) is 6.92 Å². The van der Waals surface area contributed by atoms with E-state index in [0.29, 0.717) is 22.6 Å². The number of fused-ring (bicyclic) bond motifs is 1. The Hall–Kier alpha value is -3.86. The summed E-state index contributed by atoms with van der Waals surface area (Å²) in [5, 5.41) is 0.921. The van der Waals surface area contributed by atoms with Crippen molar-refractivity contribution in [2.24, 2.45) is 0 Å². The molecule has 0 spiro atoms. The third kappa shape index (κ3) is 3.96. The monoisotopic (exact) mass is 398 g/mol. The predicted octanol–water partition coefficient (Wildman–Crippen LogP) is 4.69. The van der Waals surface area contributed by atoms with Crippen LogP contribution < -0.4 is 15.2 Å². The number of pyridine rings is 1. The number of methoxy groups -OCH3 is 1. The zero-order chi connectivity index (χ0) is 21.1. The minimum absolute atomic E-state index is 0.152. The standard InChI is InChI=1S/C25H22N2O3/c1-17-6-5-8-19(14-17)25(29)27(21-10-12-22(30-2)13-11-21)16-20-15-18-7-3-4-9-23(18)26-24(20)28/h3-15H,16H2,1-2H3,(H,26,28). The first kappa shape index (κ1) is 19.5. The molecule has 0 fully saturated rings. The van der Waals surface area contributed by atoms with Crippen LogP contribution >= 0.6 is 0 Å². The second-order valence-corrected chi connectivity index (χ2v) is 7.17. The Morgan fingerprint density at radius 1 is 0.967 bits per heavy atom. The molecule has 1 heterocycles. The third-order valence-electron chi connectivity index (χ3n) is 5.05. The molecular weight excluding hydrogens is 376 g/mol. The Bertz CT molecular complexity index is 1260. The van der Waals surface area contributed by atoms with Crippen LogP contribution in [0.4, 0.5) is 5.69 Å². The predicted molar refractivity (Wildman–Crippen MR) is 119 cm³/mol. The van der Waals surface area contributed by atoms with E-state index in [4.69, 9.17) is 4.74 Å². The van der Waals surface area contributed by atoms with Gasteiger partial charge in [0.1, 0.15) is 5.75 Å². The minimum atomic E-state index is -0.204. The first-order chi connectivity index (χ1) is 14.5. The fraction of sp³-hybridized carbons (Fsp3) is 0.120. The molecule has 30 heavy (non-hydrogen) atoms. The second kappa shape index (κ2) is 8.25. The van der Waals surface area contributed by atoms with Crippen LogP contribution in [0.5, 0.6) is 5.75 Å². The summed E-state index contributed by atoms with van der Waals surface area (Å²) < 4.78 is 5.24. The summed E-state index contributed by atoms with van der Waals surface area (Å²) in [7, 11) is 1.60. The molecule has 0 aliphatic heterocycles. The number of ether oxygens (including phenoxy) is 1. The summed E-state index contributed by atoms with van der Waals surface area (Å²) in [6.07, 6.45) is 0. The van der Waals surface area contributed by atoms with Crippen molar-refractivity contribution in [3.8, 4) is 5.75 Å². The molecule has 0 unspecified atom stereocenters. The van der Waals surface area contributed by atoms with Gasteiger partial charge in [-0.05, 0) is 60.8 Å². The molecule has 1 aromatic heterocycles. The number of aryl methyl sites for hydroxylation is 1. The normalized spacial score (nSPS) is 10.7. The van der Waals surface area contributed by atoms with Crippen molar-refractivity contribution < 1.29 is 9.53 Å². The van der Waals surface area contributed by atoms with Gasteiger partial charge in [0, 0.05) is 22.3 Å². The first-order valence-electron chi connectivity index (χ1n) is 9.69. The van der Waals surface area contributed by atoms with Gasteiger partial charge in [-0.25, -0.2) is 0 Å². The summed E-state index contributed by atoms with van der Waals surface area (Å²) >= 11 is 0. The Kier molecular flexibility index (Phi) is 5.35. The topological polar surface area (TPSA) is 62.4 Å². The fourth-order valence-electron chi connectivity index (χ4n) is 3.46. The molecule has 5 heteroatoms. The summed E-state index contributed by atoms with van der Waals surface area (Å²) in [6, 6.07) is 24.1. The van der Waals surface area contributed by atoms with Crippen molar-refractivity contribution in [3.63, 3.8) is 0 Å². The summed E-state index contributed by atoms with van der Waals surface area (Å²) in [5.41, 5.74) is 3.35. The number of benzene rings is 3. The Labute approximate surface area is 174 Å². The maximum Gasteiger partial charge on any atom is 0.258 e. The average Bonchev–Trinajstić information content (AvgIpc) is 2.77. The molecule has 3 aromatic carbocycles. The molecular formula is C25H22N2O3. The maximum absolute atomic E-state index is 13.4. The molecule has 150 valence electrons. The minimum Gasteiger partial charge on any atom is -0.497 e. The van der Waals surface area contributed by atoms with Crippen LogP contribution in [0.25, 0.3) is 10.9 Å². The highest BCUT2D eigenvalue weighted by Gasteiger charge is 2.20. The molecule has 5 nitrogen and oxygen atoms in total. The number of nitrogens with one attached hydrogen (secondary N) is 1. The smallest absolute Gasteiger partial charge is 0.258 e. The molecule has 1 N–H and O–H groups in total. The molecule has 0 bridgehead atoms. The molecule has 0 aliphatic carbocycles. The van der Waals surface area contributed by atoms with Crippen LogP contribution in [0.3, 0.4) is 0 Å². The quantitative estimate of drug-likeness (QED) is 0.530. The number of carbonyl (C=O) groups excluding carboxylic acids is 1. The number of hydrogen-bond acceptors (Lipinski definition) is 3. The molecule has 1 amide bonds. The molecule has 0 saturated carbocycles. The number of anilines is 1. The number of nitrogens with zero attached hydrogens (tertiary/aromatic N) is 1. The number of carbonyl (C=O) groups is 1. The number of aromatic amines is 1. The van der Waals surface area contributed by atoms with Crippen LogP contribution in [-0.4, -0.2) is 18.0 Å². The van der Waals surface area contributed by atoms with Crippen LogP contribution in [0.2, 0.25) is 0 Å². The van der Waals surface area contributed by atoms with E-state index in [2.05, 4.69) is 4.98 Å². The van der Waals surface area contributed by atoms with Gasteiger partial charge in [0.15, 0.2) is 0 Å². The highest BCUT2D eigenvalue weighted by atomic mass is 16.5. The first-order valence-corrected chi connectivity index (χ1v) is 9.69. The van der Waals surface area contributed by atoms with Gasteiger partial charge in [0.05, 0.1) is 13.7 Å². The summed E-state index contributed by atoms with van der Waals surface area (Å²) in [5.74, 6) is 0.529. The fourth-order valence-corrected chi connectivity index (χ4v) is 3.46. The number of H-pyrrole nitrogens is 1. The lowest BCUT2D eigenvalue weighted by molar-refractivity contribution is 0.0985. The Morgan fingerprint density at radius 3 is 2.47 bits per heavy atom. The lowest BCUT2D eigenvalue weighted by Gasteiger charge is -2.23. The van der Waals surface area contributed by atoms with E-state index in [-0.39, 0.29) is 18.0 Å². The molecule has 0 aliphatic rings. The number of para-hydroxylation sites is 1. The number of aromatic nitrogens is 1. The maximum atomic E-state index is 13.4. The van der Waals surface area contributed by atoms with Gasteiger partial charge in [-0.2, -0.15) is 0 Å². The van der Waals surface area contributed by atoms with Crippen LogP contribution in [-0.2, 0) is 6.54 Å². The van der Waals surface area contributed by atoms with E-state index in [1.54, 1.807) is 30.2 Å². The third-order valence-corrected chi connectivity index (χ3v) is 5.05. The van der Waals surface area contributed by atoms with Gasteiger partial charge >= 0.3 is 0 Å².